The fourth-order valence-electron chi connectivity index (χ4n) is 1.94. The molecule has 3 atom stereocenters. The number of ether oxygens (including phenoxy) is 1. The summed E-state index contributed by atoms with van der Waals surface area (Å²) in [7, 11) is 0. The molecule has 126 valence electrons. The lowest BCUT2D eigenvalue weighted by molar-refractivity contribution is -0.138. The first-order chi connectivity index (χ1) is 10.0. The maximum atomic E-state index is 12.5. The van der Waals surface area contributed by atoms with E-state index < -0.39 is 35.1 Å². The molecule has 1 rings (SSSR count). The van der Waals surface area contributed by atoms with Crippen molar-refractivity contribution in [1.29, 1.82) is 0 Å². The zero-order chi connectivity index (χ0) is 17.1. The van der Waals surface area contributed by atoms with Crippen molar-refractivity contribution in [3.8, 4) is 0 Å². The Labute approximate surface area is 134 Å². The Kier molecular flexibility index (Phi) is 6.25. The van der Waals surface area contributed by atoms with Crippen LogP contribution < -0.4 is 10.6 Å². The second kappa shape index (κ2) is 7.32. The van der Waals surface area contributed by atoms with Crippen LogP contribution in [0.4, 0.5) is 4.79 Å². The predicted molar refractivity (Wildman–Crippen MR) is 83.8 cm³/mol. The van der Waals surface area contributed by atoms with Gasteiger partial charge in [-0.25, -0.2) is 4.79 Å². The number of carbonyl (C=O) groups excluding carboxylic acids is 2. The normalized spacial score (nSPS) is 23.2. The van der Waals surface area contributed by atoms with Crippen molar-refractivity contribution in [2.24, 2.45) is 5.92 Å². The van der Waals surface area contributed by atoms with Crippen molar-refractivity contribution in [1.82, 2.24) is 10.6 Å². The number of carbonyl (C=O) groups is 3. The highest BCUT2D eigenvalue weighted by Gasteiger charge is 2.38. The van der Waals surface area contributed by atoms with Crippen molar-refractivity contribution >= 4 is 29.6 Å². The van der Waals surface area contributed by atoms with Gasteiger partial charge in [0.25, 0.3) is 0 Å². The molecule has 0 aromatic heterocycles. The van der Waals surface area contributed by atoms with Gasteiger partial charge in [0.2, 0.25) is 0 Å². The highest BCUT2D eigenvalue weighted by Crippen LogP contribution is 2.22. The van der Waals surface area contributed by atoms with Crippen LogP contribution in [0.15, 0.2) is 0 Å². The summed E-state index contributed by atoms with van der Waals surface area (Å²) in [4.78, 5) is 35.3. The summed E-state index contributed by atoms with van der Waals surface area (Å²) in [5, 5.41) is 13.7. The van der Waals surface area contributed by atoms with Crippen LogP contribution in [-0.2, 0) is 14.3 Å². The predicted octanol–water partition coefficient (Wildman–Crippen LogP) is 1.22. The lowest BCUT2D eigenvalue weighted by atomic mass is 9.99. The van der Waals surface area contributed by atoms with Crippen LogP contribution >= 0.6 is 11.8 Å². The molecular weight excluding hydrogens is 308 g/mol. The average Bonchev–Trinajstić information content (AvgIpc) is 2.82. The number of rotatable bonds is 5. The van der Waals surface area contributed by atoms with Crippen LogP contribution in [0.1, 0.15) is 34.6 Å². The van der Waals surface area contributed by atoms with Gasteiger partial charge in [-0.1, -0.05) is 13.8 Å². The van der Waals surface area contributed by atoms with Gasteiger partial charge in [0.05, 0.1) is 6.04 Å². The molecule has 7 nitrogen and oxygen atoms in total. The Bertz CT molecular complexity index is 447. The van der Waals surface area contributed by atoms with Gasteiger partial charge in [-0.2, -0.15) is 0 Å². The van der Waals surface area contributed by atoms with Gasteiger partial charge in [0.15, 0.2) is 5.78 Å². The van der Waals surface area contributed by atoms with Crippen LogP contribution in [-0.4, -0.2) is 51.8 Å². The summed E-state index contributed by atoms with van der Waals surface area (Å²) in [5.41, 5.74) is -0.649. The van der Waals surface area contributed by atoms with Crippen molar-refractivity contribution in [3.05, 3.63) is 0 Å². The number of carboxylic acids is 1. The van der Waals surface area contributed by atoms with Crippen molar-refractivity contribution < 1.29 is 24.2 Å². The Hall–Kier alpha value is -1.28. The molecule has 1 fully saturated rings. The van der Waals surface area contributed by atoms with Crippen LogP contribution in [0, 0.1) is 5.92 Å². The highest BCUT2D eigenvalue weighted by atomic mass is 32.2. The largest absolute Gasteiger partial charge is 0.480 e. The molecule has 0 radical (unpaired) electrons. The Morgan fingerprint density at radius 1 is 1.32 bits per heavy atom. The Morgan fingerprint density at radius 2 is 1.91 bits per heavy atom. The van der Waals surface area contributed by atoms with Crippen LogP contribution in [0.5, 0.6) is 0 Å². The molecular formula is C14H24N2O5S. The number of ketones is 1. The van der Waals surface area contributed by atoms with E-state index in [9.17, 15) is 14.4 Å². The fraction of sp³-hybridized carbons (Fsp3) is 0.786. The Balaban J connectivity index is 2.69. The van der Waals surface area contributed by atoms with Gasteiger partial charge < -0.3 is 15.2 Å². The molecule has 1 amide bonds. The standard InChI is InChI=1S/C14H24N2O5S/c1-7(2)9(16-13(20)21-14(3,4)5)10(17)11-15-8(6-22-11)12(18)19/h7-9,11,15H,6H2,1-5H3,(H,16,20)(H,18,19)/t8?,9-,11?/m1/s1. The van der Waals surface area contributed by atoms with E-state index in [1.54, 1.807) is 20.8 Å². The molecule has 0 spiro atoms. The molecule has 2 unspecified atom stereocenters. The van der Waals surface area contributed by atoms with Gasteiger partial charge in [-0.3, -0.25) is 14.9 Å². The molecule has 0 aliphatic carbocycles. The van der Waals surface area contributed by atoms with Crippen LogP contribution in [0.25, 0.3) is 0 Å². The van der Waals surface area contributed by atoms with Crippen LogP contribution in [0.2, 0.25) is 0 Å². The number of hydrogen-bond acceptors (Lipinski definition) is 6. The van der Waals surface area contributed by atoms with E-state index in [4.69, 9.17) is 9.84 Å². The number of carboxylic acid groups (broad SMARTS) is 1. The van der Waals surface area contributed by atoms with Gasteiger partial charge in [-0.15, -0.1) is 11.8 Å². The Morgan fingerprint density at radius 3 is 2.32 bits per heavy atom. The lowest BCUT2D eigenvalue weighted by Crippen LogP contribution is -2.52. The molecule has 1 aliphatic rings. The zero-order valence-electron chi connectivity index (χ0n) is 13.5. The third-order valence-electron chi connectivity index (χ3n) is 2.98. The summed E-state index contributed by atoms with van der Waals surface area (Å²) < 4.78 is 5.17. The summed E-state index contributed by atoms with van der Waals surface area (Å²) in [6.07, 6.45) is -0.655. The van der Waals surface area contributed by atoms with Crippen molar-refractivity contribution in [2.45, 2.75) is 57.7 Å². The number of aliphatic carboxylic acids is 1. The molecule has 1 aliphatic heterocycles. The van der Waals surface area contributed by atoms with E-state index in [1.165, 1.54) is 11.8 Å². The van der Waals surface area contributed by atoms with E-state index in [1.807, 2.05) is 13.8 Å². The molecule has 3 N–H and O–H groups in total. The number of thioether (sulfide) groups is 1. The summed E-state index contributed by atoms with van der Waals surface area (Å²) in [6, 6.07) is -1.47. The SMILES string of the molecule is CC(C)[C@@H](NC(=O)OC(C)(C)C)C(=O)C1NC(C(=O)O)CS1. The third-order valence-corrected chi connectivity index (χ3v) is 4.21. The molecule has 0 saturated carbocycles. The number of alkyl carbamates (subject to hydrolysis) is 1. The molecule has 0 aromatic carbocycles. The molecule has 8 heteroatoms. The van der Waals surface area contributed by atoms with Gasteiger partial charge in [0, 0.05) is 5.75 Å². The van der Waals surface area contributed by atoms with E-state index in [0.717, 1.165) is 0 Å². The summed E-state index contributed by atoms with van der Waals surface area (Å²) >= 11 is 1.24. The summed E-state index contributed by atoms with van der Waals surface area (Å²) in [6.45, 7) is 8.85. The minimum atomic E-state index is -0.982. The monoisotopic (exact) mass is 332 g/mol. The number of hydrogen-bond donors (Lipinski definition) is 3. The van der Waals surface area contributed by atoms with E-state index >= 15 is 0 Å². The number of Topliss-reactive ketones (excluding diaryl/α,β-unsaturated/α-hetero) is 1. The van der Waals surface area contributed by atoms with Crippen molar-refractivity contribution in [3.63, 3.8) is 0 Å². The van der Waals surface area contributed by atoms with E-state index in [0.29, 0.717) is 5.75 Å². The molecule has 1 heterocycles. The fourth-order valence-corrected chi connectivity index (χ4v) is 3.14. The summed E-state index contributed by atoms with van der Waals surface area (Å²) in [5.74, 6) is -1.03. The first-order valence-corrected chi connectivity index (χ1v) is 8.20. The van der Waals surface area contributed by atoms with Crippen molar-refractivity contribution in [2.75, 3.05) is 5.75 Å². The average molecular weight is 332 g/mol. The molecule has 0 bridgehead atoms. The first-order valence-electron chi connectivity index (χ1n) is 7.15. The molecule has 1 saturated heterocycles. The van der Waals surface area contributed by atoms with Gasteiger partial charge in [-0.05, 0) is 26.7 Å². The highest BCUT2D eigenvalue weighted by molar-refractivity contribution is 8.00. The number of nitrogens with one attached hydrogen (secondary N) is 2. The van der Waals surface area contributed by atoms with Gasteiger partial charge in [0.1, 0.15) is 17.0 Å². The third kappa shape index (κ3) is 5.49. The minimum absolute atomic E-state index is 0.133. The quantitative estimate of drug-likeness (QED) is 0.695. The number of amides is 1. The van der Waals surface area contributed by atoms with Gasteiger partial charge >= 0.3 is 12.1 Å². The van der Waals surface area contributed by atoms with Crippen LogP contribution in [0.3, 0.4) is 0 Å². The second-order valence-corrected chi connectivity index (χ2v) is 7.68. The molecule has 0 aromatic rings. The maximum Gasteiger partial charge on any atom is 0.408 e. The molecule has 22 heavy (non-hydrogen) atoms. The minimum Gasteiger partial charge on any atom is -0.480 e. The van der Waals surface area contributed by atoms with E-state index in [-0.39, 0.29) is 11.7 Å². The zero-order valence-corrected chi connectivity index (χ0v) is 14.3. The maximum absolute atomic E-state index is 12.5. The topological polar surface area (TPSA) is 105 Å². The smallest absolute Gasteiger partial charge is 0.408 e. The first kappa shape index (κ1) is 18.8. The van der Waals surface area contributed by atoms with E-state index in [2.05, 4.69) is 10.6 Å². The lowest BCUT2D eigenvalue weighted by Gasteiger charge is -2.26. The second-order valence-electron chi connectivity index (χ2n) is 6.54.